The second kappa shape index (κ2) is 5.76. The fourth-order valence-corrected chi connectivity index (χ4v) is 1.81. The quantitative estimate of drug-likeness (QED) is 0.390. The first-order chi connectivity index (χ1) is 9.88. The van der Waals surface area contributed by atoms with Crippen molar-refractivity contribution >= 4 is 23.1 Å². The van der Waals surface area contributed by atoms with Gasteiger partial charge < -0.3 is 10.5 Å². The highest BCUT2D eigenvalue weighted by molar-refractivity contribution is 6.30. The summed E-state index contributed by atoms with van der Waals surface area (Å²) in [6.07, 6.45) is 0. The van der Waals surface area contributed by atoms with E-state index in [1.54, 1.807) is 0 Å². The van der Waals surface area contributed by atoms with Crippen molar-refractivity contribution < 1.29 is 14.1 Å². The second-order valence-corrected chi connectivity index (χ2v) is 4.46. The molecule has 0 unspecified atom stereocenters. The second-order valence-electron chi connectivity index (χ2n) is 4.03. The summed E-state index contributed by atoms with van der Waals surface area (Å²) in [7, 11) is 0. The minimum atomic E-state index is -0.655. The van der Waals surface area contributed by atoms with Crippen molar-refractivity contribution in [1.29, 1.82) is 5.41 Å². The number of hydrogen-bond acceptors (Lipinski definition) is 4. The summed E-state index contributed by atoms with van der Waals surface area (Å²) < 4.78 is 18.6. The SMILES string of the molecule is N=C(N)c1cc(F)ccc1Oc1ccc(Cl)cc1[N+](=O)[O-]. The normalized spacial score (nSPS) is 10.2. The minimum absolute atomic E-state index is 0.000696. The number of rotatable bonds is 4. The van der Waals surface area contributed by atoms with Gasteiger partial charge in [-0.1, -0.05) is 11.6 Å². The van der Waals surface area contributed by atoms with E-state index in [1.165, 1.54) is 18.2 Å². The number of ether oxygens (including phenoxy) is 1. The number of nitrogens with two attached hydrogens (primary N) is 1. The average molecular weight is 310 g/mol. The van der Waals surface area contributed by atoms with Crippen LogP contribution in [-0.4, -0.2) is 10.8 Å². The van der Waals surface area contributed by atoms with Gasteiger partial charge in [-0.05, 0) is 30.3 Å². The predicted octanol–water partition coefficient (Wildman–Crippen LogP) is 3.46. The van der Waals surface area contributed by atoms with Crippen LogP contribution in [0.4, 0.5) is 10.1 Å². The van der Waals surface area contributed by atoms with Crippen LogP contribution in [0, 0.1) is 21.3 Å². The number of nitro benzene ring substituents is 1. The van der Waals surface area contributed by atoms with Gasteiger partial charge in [0.15, 0.2) is 0 Å². The molecule has 6 nitrogen and oxygen atoms in total. The monoisotopic (exact) mass is 309 g/mol. The lowest BCUT2D eigenvalue weighted by Gasteiger charge is -2.10. The van der Waals surface area contributed by atoms with E-state index < -0.39 is 16.6 Å². The van der Waals surface area contributed by atoms with Gasteiger partial charge in [-0.15, -0.1) is 0 Å². The Morgan fingerprint density at radius 1 is 1.29 bits per heavy atom. The number of nitrogens with zero attached hydrogens (tertiary/aromatic N) is 1. The topological polar surface area (TPSA) is 102 Å². The molecule has 0 amide bonds. The number of nitrogen functional groups attached to an aromatic ring is 1. The Hall–Kier alpha value is -2.67. The summed E-state index contributed by atoms with van der Waals surface area (Å²) >= 11 is 5.70. The van der Waals surface area contributed by atoms with Gasteiger partial charge in [-0.25, -0.2) is 4.39 Å². The Balaban J connectivity index is 2.48. The van der Waals surface area contributed by atoms with Crippen LogP contribution in [0.1, 0.15) is 5.56 Å². The Morgan fingerprint density at radius 3 is 2.57 bits per heavy atom. The number of benzene rings is 2. The molecule has 21 heavy (non-hydrogen) atoms. The molecule has 2 aromatic rings. The summed E-state index contributed by atoms with van der Waals surface area (Å²) in [4.78, 5) is 10.3. The van der Waals surface area contributed by atoms with E-state index in [4.69, 9.17) is 27.5 Å². The van der Waals surface area contributed by atoms with Gasteiger partial charge in [0.2, 0.25) is 5.75 Å². The molecule has 2 aromatic carbocycles. The lowest BCUT2D eigenvalue weighted by atomic mass is 10.2. The first-order valence-corrected chi connectivity index (χ1v) is 6.02. The molecule has 8 heteroatoms. The third-order valence-electron chi connectivity index (χ3n) is 2.57. The van der Waals surface area contributed by atoms with Gasteiger partial charge in [0.25, 0.3) is 0 Å². The third-order valence-corrected chi connectivity index (χ3v) is 2.80. The third kappa shape index (κ3) is 3.26. The average Bonchev–Trinajstić information content (AvgIpc) is 2.42. The van der Waals surface area contributed by atoms with Gasteiger partial charge in [-0.2, -0.15) is 0 Å². The molecule has 0 heterocycles. The van der Waals surface area contributed by atoms with E-state index in [9.17, 15) is 14.5 Å². The number of halogens is 2. The number of amidine groups is 1. The highest BCUT2D eigenvalue weighted by Gasteiger charge is 2.18. The van der Waals surface area contributed by atoms with Crippen molar-refractivity contribution in [1.82, 2.24) is 0 Å². The van der Waals surface area contributed by atoms with Crippen LogP contribution < -0.4 is 10.5 Å². The Kier molecular flexibility index (Phi) is 4.04. The molecule has 0 fully saturated rings. The highest BCUT2D eigenvalue weighted by atomic mass is 35.5. The number of hydrogen-bond donors (Lipinski definition) is 2. The molecule has 0 saturated carbocycles. The number of nitro groups is 1. The summed E-state index contributed by atoms with van der Waals surface area (Å²) in [5, 5.41) is 18.5. The smallest absolute Gasteiger partial charge is 0.313 e. The van der Waals surface area contributed by atoms with Gasteiger partial charge in [-0.3, -0.25) is 15.5 Å². The zero-order valence-corrected chi connectivity index (χ0v) is 11.2. The fourth-order valence-electron chi connectivity index (χ4n) is 1.64. The molecule has 3 N–H and O–H groups in total. The largest absolute Gasteiger partial charge is 0.449 e. The maximum Gasteiger partial charge on any atom is 0.313 e. The molecule has 0 spiro atoms. The van der Waals surface area contributed by atoms with Crippen LogP contribution in [0.15, 0.2) is 36.4 Å². The first-order valence-electron chi connectivity index (χ1n) is 5.64. The highest BCUT2D eigenvalue weighted by Crippen LogP contribution is 2.34. The predicted molar refractivity (Wildman–Crippen MR) is 75.6 cm³/mol. The fraction of sp³-hybridized carbons (Fsp3) is 0. The van der Waals surface area contributed by atoms with Crippen molar-refractivity contribution in [2.24, 2.45) is 5.73 Å². The van der Waals surface area contributed by atoms with Gasteiger partial charge in [0.05, 0.1) is 10.5 Å². The van der Waals surface area contributed by atoms with Crippen LogP contribution in [0.25, 0.3) is 0 Å². The molecule has 0 saturated heterocycles. The molecule has 0 bridgehead atoms. The zero-order valence-electron chi connectivity index (χ0n) is 10.5. The van der Waals surface area contributed by atoms with Crippen molar-refractivity contribution in [3.8, 4) is 11.5 Å². The van der Waals surface area contributed by atoms with Gasteiger partial charge in [0.1, 0.15) is 17.4 Å². The maximum atomic E-state index is 13.2. The van der Waals surface area contributed by atoms with Crippen molar-refractivity contribution in [2.75, 3.05) is 0 Å². The maximum absolute atomic E-state index is 13.2. The van der Waals surface area contributed by atoms with Crippen molar-refractivity contribution in [3.05, 3.63) is 62.9 Å². The van der Waals surface area contributed by atoms with Crippen LogP contribution in [-0.2, 0) is 0 Å². The molecule has 0 aromatic heterocycles. The standard InChI is InChI=1S/C13H9ClFN3O3/c14-7-1-3-12(10(5-7)18(19)20)21-11-4-2-8(15)6-9(11)13(16)17/h1-6H,(H3,16,17). The first kappa shape index (κ1) is 14.7. The van der Waals surface area contributed by atoms with Crippen molar-refractivity contribution in [3.63, 3.8) is 0 Å². The van der Waals surface area contributed by atoms with Crippen molar-refractivity contribution in [2.45, 2.75) is 0 Å². The van der Waals surface area contributed by atoms with E-state index in [0.717, 1.165) is 18.2 Å². The molecule has 108 valence electrons. The lowest BCUT2D eigenvalue weighted by Crippen LogP contribution is -2.12. The Bertz CT molecular complexity index is 675. The summed E-state index contributed by atoms with van der Waals surface area (Å²) in [6, 6.07) is 7.22. The molecule has 0 aliphatic rings. The summed E-state index contributed by atoms with van der Waals surface area (Å²) in [6.45, 7) is 0. The van der Waals surface area contributed by atoms with Gasteiger partial charge in [0, 0.05) is 11.1 Å². The van der Waals surface area contributed by atoms with E-state index in [1.807, 2.05) is 0 Å². The Labute approximate surface area is 123 Å². The van der Waals surface area contributed by atoms with E-state index in [-0.39, 0.29) is 27.8 Å². The lowest BCUT2D eigenvalue weighted by molar-refractivity contribution is -0.385. The van der Waals surface area contributed by atoms with Crippen LogP contribution in [0.3, 0.4) is 0 Å². The molecule has 0 aliphatic heterocycles. The van der Waals surface area contributed by atoms with Crippen LogP contribution >= 0.6 is 11.6 Å². The molecule has 0 radical (unpaired) electrons. The van der Waals surface area contributed by atoms with Crippen LogP contribution in [0.5, 0.6) is 11.5 Å². The summed E-state index contributed by atoms with van der Waals surface area (Å²) in [5.41, 5.74) is 4.99. The molecular weight excluding hydrogens is 301 g/mol. The molecule has 0 aliphatic carbocycles. The molecular formula is C13H9ClFN3O3. The van der Waals surface area contributed by atoms with Crippen LogP contribution in [0.2, 0.25) is 5.02 Å². The van der Waals surface area contributed by atoms with E-state index in [2.05, 4.69) is 0 Å². The molecule has 2 rings (SSSR count). The molecule has 0 atom stereocenters. The van der Waals surface area contributed by atoms with E-state index >= 15 is 0 Å². The Morgan fingerprint density at radius 2 is 1.95 bits per heavy atom. The minimum Gasteiger partial charge on any atom is -0.449 e. The van der Waals surface area contributed by atoms with Gasteiger partial charge >= 0.3 is 5.69 Å². The van der Waals surface area contributed by atoms with E-state index in [0.29, 0.717) is 0 Å². The number of nitrogens with one attached hydrogen (secondary N) is 1. The zero-order chi connectivity index (χ0) is 15.6. The summed E-state index contributed by atoms with van der Waals surface area (Å²) in [5.74, 6) is -1.06.